The molecule has 0 N–H and O–H groups in total. The molecule has 2 nitrogen and oxygen atoms in total. The molecule has 1 aliphatic carbocycles. The highest BCUT2D eigenvalue weighted by Gasteiger charge is 2.26. The number of benzene rings is 1. The summed E-state index contributed by atoms with van der Waals surface area (Å²) in [6.45, 7) is 5.14. The zero-order valence-corrected chi connectivity index (χ0v) is 14.9. The van der Waals surface area contributed by atoms with Crippen LogP contribution >= 0.6 is 0 Å². The van der Waals surface area contributed by atoms with E-state index in [-0.39, 0.29) is 0 Å². The number of ether oxygens (including phenoxy) is 1. The first-order chi connectivity index (χ1) is 11.2. The molecule has 0 spiro atoms. The van der Waals surface area contributed by atoms with E-state index < -0.39 is 0 Å². The first kappa shape index (κ1) is 18.0. The number of unbranched alkanes of at least 4 members (excludes halogenated alkanes) is 2. The van der Waals surface area contributed by atoms with E-state index in [1.54, 1.807) is 0 Å². The Labute approximate surface area is 141 Å². The zero-order chi connectivity index (χ0) is 16.5. The van der Waals surface area contributed by atoms with Crippen LogP contribution in [0.25, 0.3) is 0 Å². The Morgan fingerprint density at radius 1 is 1.00 bits per heavy atom. The quantitative estimate of drug-likeness (QED) is 0.530. The predicted molar refractivity (Wildman–Crippen MR) is 96.1 cm³/mol. The van der Waals surface area contributed by atoms with Crippen LogP contribution in [0.1, 0.15) is 83.1 Å². The average Bonchev–Trinajstić information content (AvgIpc) is 2.61. The van der Waals surface area contributed by atoms with E-state index in [1.807, 2.05) is 0 Å². The summed E-state index contributed by atoms with van der Waals surface area (Å²) in [5, 5.41) is 0. The number of carbonyl (C=O) groups is 1. The Bertz CT molecular complexity index is 455. The van der Waals surface area contributed by atoms with E-state index >= 15 is 0 Å². The van der Waals surface area contributed by atoms with E-state index in [0.29, 0.717) is 17.6 Å². The molecule has 0 aromatic heterocycles. The van der Waals surface area contributed by atoms with Crippen LogP contribution in [-0.4, -0.2) is 12.4 Å². The molecule has 0 unspecified atom stereocenters. The molecule has 2 rings (SSSR count). The van der Waals surface area contributed by atoms with Crippen LogP contribution in [0.3, 0.4) is 0 Å². The first-order valence-corrected chi connectivity index (χ1v) is 9.50. The molecule has 1 aromatic carbocycles. The minimum atomic E-state index is 0.328. The van der Waals surface area contributed by atoms with Crippen LogP contribution in [0.4, 0.5) is 0 Å². The van der Waals surface area contributed by atoms with E-state index in [4.69, 9.17) is 4.74 Å². The average molecular weight is 316 g/mol. The Kier molecular flexibility index (Phi) is 7.64. The fourth-order valence-electron chi connectivity index (χ4n) is 3.47. The minimum absolute atomic E-state index is 0.328. The molecule has 1 fully saturated rings. The van der Waals surface area contributed by atoms with Gasteiger partial charge in [0.2, 0.25) is 0 Å². The fourth-order valence-corrected chi connectivity index (χ4v) is 3.47. The molecule has 23 heavy (non-hydrogen) atoms. The lowest BCUT2D eigenvalue weighted by molar-refractivity contribution is -0.124. The highest BCUT2D eigenvalue weighted by atomic mass is 16.5. The summed E-state index contributed by atoms with van der Waals surface area (Å²) in [5.41, 5.74) is 1.41. The summed E-state index contributed by atoms with van der Waals surface area (Å²) in [4.78, 5) is 12.2. The van der Waals surface area contributed by atoms with E-state index in [2.05, 4.69) is 38.1 Å². The van der Waals surface area contributed by atoms with Crippen molar-refractivity contribution in [1.82, 2.24) is 0 Å². The molecule has 0 amide bonds. The van der Waals surface area contributed by atoms with Crippen molar-refractivity contribution in [2.24, 2.45) is 5.92 Å². The van der Waals surface area contributed by atoms with Crippen molar-refractivity contribution >= 4 is 5.78 Å². The molecule has 1 aromatic rings. The summed E-state index contributed by atoms with van der Waals surface area (Å²) < 4.78 is 5.73. The molecular formula is C21H32O2. The van der Waals surface area contributed by atoms with Gasteiger partial charge in [-0.1, -0.05) is 38.8 Å². The largest absolute Gasteiger partial charge is 0.494 e. The summed E-state index contributed by atoms with van der Waals surface area (Å²) in [6, 6.07) is 8.63. The second-order valence-corrected chi connectivity index (χ2v) is 6.89. The third kappa shape index (κ3) is 5.67. The number of Topliss-reactive ketones (excluding diaryl/α,β-unsaturated/α-hetero) is 1. The molecular weight excluding hydrogens is 284 g/mol. The maximum Gasteiger partial charge on any atom is 0.135 e. The van der Waals surface area contributed by atoms with Gasteiger partial charge in [-0.2, -0.15) is 0 Å². The third-order valence-corrected chi connectivity index (χ3v) is 5.08. The van der Waals surface area contributed by atoms with Gasteiger partial charge in [0.1, 0.15) is 11.5 Å². The second-order valence-electron chi connectivity index (χ2n) is 6.89. The van der Waals surface area contributed by atoms with Crippen LogP contribution < -0.4 is 4.74 Å². The van der Waals surface area contributed by atoms with Crippen molar-refractivity contribution in [1.29, 1.82) is 0 Å². The topological polar surface area (TPSA) is 26.3 Å². The maximum atomic E-state index is 12.2. The Morgan fingerprint density at radius 2 is 1.65 bits per heavy atom. The molecule has 0 bridgehead atoms. The van der Waals surface area contributed by atoms with Gasteiger partial charge in [0.05, 0.1) is 6.61 Å². The van der Waals surface area contributed by atoms with E-state index in [0.717, 1.165) is 70.1 Å². The molecule has 0 atom stereocenters. The monoisotopic (exact) mass is 316 g/mol. The zero-order valence-electron chi connectivity index (χ0n) is 14.9. The number of hydrogen-bond donors (Lipinski definition) is 0. The van der Waals surface area contributed by atoms with Crippen molar-refractivity contribution in [3.8, 4) is 5.75 Å². The van der Waals surface area contributed by atoms with Crippen LogP contribution in [-0.2, 0) is 4.79 Å². The fraction of sp³-hybridized carbons (Fsp3) is 0.667. The Hall–Kier alpha value is -1.31. The summed E-state index contributed by atoms with van der Waals surface area (Å²) in [6.07, 6.45) is 9.68. The van der Waals surface area contributed by atoms with Crippen molar-refractivity contribution in [2.45, 2.75) is 77.6 Å². The van der Waals surface area contributed by atoms with Gasteiger partial charge < -0.3 is 4.74 Å². The predicted octanol–water partition coefficient (Wildman–Crippen LogP) is 5.90. The molecule has 0 saturated heterocycles. The van der Waals surface area contributed by atoms with Gasteiger partial charge in [0, 0.05) is 12.3 Å². The first-order valence-electron chi connectivity index (χ1n) is 9.50. The highest BCUT2D eigenvalue weighted by Crippen LogP contribution is 2.37. The van der Waals surface area contributed by atoms with Crippen LogP contribution in [0, 0.1) is 5.92 Å². The number of ketones is 1. The molecule has 0 radical (unpaired) electrons. The minimum Gasteiger partial charge on any atom is -0.494 e. The normalized spacial score (nSPS) is 21.1. The summed E-state index contributed by atoms with van der Waals surface area (Å²) in [7, 11) is 0. The maximum absolute atomic E-state index is 12.2. The molecule has 0 aliphatic heterocycles. The number of rotatable bonds is 9. The Balaban J connectivity index is 1.79. The van der Waals surface area contributed by atoms with Crippen molar-refractivity contribution in [2.75, 3.05) is 6.61 Å². The van der Waals surface area contributed by atoms with Crippen molar-refractivity contribution in [3.63, 3.8) is 0 Å². The van der Waals surface area contributed by atoms with Crippen LogP contribution in [0.2, 0.25) is 0 Å². The number of hydrogen-bond acceptors (Lipinski definition) is 2. The van der Waals surface area contributed by atoms with Gasteiger partial charge >= 0.3 is 0 Å². The van der Waals surface area contributed by atoms with Gasteiger partial charge in [0.25, 0.3) is 0 Å². The van der Waals surface area contributed by atoms with E-state index in [1.165, 1.54) is 5.56 Å². The van der Waals surface area contributed by atoms with Gasteiger partial charge in [0.15, 0.2) is 0 Å². The Morgan fingerprint density at radius 3 is 2.26 bits per heavy atom. The lowest BCUT2D eigenvalue weighted by Crippen LogP contribution is -2.21. The lowest BCUT2D eigenvalue weighted by Gasteiger charge is -2.28. The van der Waals surface area contributed by atoms with E-state index in [9.17, 15) is 4.79 Å². The molecule has 0 heterocycles. The van der Waals surface area contributed by atoms with Gasteiger partial charge in [-0.15, -0.1) is 0 Å². The smallest absolute Gasteiger partial charge is 0.135 e. The molecule has 128 valence electrons. The van der Waals surface area contributed by atoms with Crippen LogP contribution in [0.15, 0.2) is 24.3 Å². The second kappa shape index (κ2) is 9.75. The standard InChI is InChI=1S/C21H32O2/c1-3-5-7-21(22)19-10-8-17(9-11-19)18-12-14-20(15-13-18)23-16-6-4-2/h12-15,17,19H,3-11,16H2,1-2H3. The molecule has 1 saturated carbocycles. The summed E-state index contributed by atoms with van der Waals surface area (Å²) >= 11 is 0. The summed E-state index contributed by atoms with van der Waals surface area (Å²) in [5.74, 6) is 2.43. The van der Waals surface area contributed by atoms with Crippen molar-refractivity contribution in [3.05, 3.63) is 29.8 Å². The van der Waals surface area contributed by atoms with Gasteiger partial charge in [-0.05, 0) is 62.1 Å². The lowest BCUT2D eigenvalue weighted by atomic mass is 9.76. The van der Waals surface area contributed by atoms with Gasteiger partial charge in [-0.3, -0.25) is 4.79 Å². The molecule has 2 heteroatoms. The highest BCUT2D eigenvalue weighted by molar-refractivity contribution is 5.81. The third-order valence-electron chi connectivity index (χ3n) is 5.08. The van der Waals surface area contributed by atoms with Crippen LogP contribution in [0.5, 0.6) is 5.75 Å². The number of carbonyl (C=O) groups excluding carboxylic acids is 1. The SMILES string of the molecule is CCCCOc1ccc(C2CCC(C(=O)CCCC)CC2)cc1. The molecule has 1 aliphatic rings. The van der Waals surface area contributed by atoms with Gasteiger partial charge in [-0.25, -0.2) is 0 Å². The van der Waals surface area contributed by atoms with Crippen molar-refractivity contribution < 1.29 is 9.53 Å².